The number of benzene rings is 2. The number of aromatic nitrogens is 1. The molecule has 1 amide bonds. The first-order valence-electron chi connectivity index (χ1n) is 8.89. The summed E-state index contributed by atoms with van der Waals surface area (Å²) in [5, 5.41) is 1.62. The lowest BCUT2D eigenvalue weighted by atomic mass is 10.2. The predicted molar refractivity (Wildman–Crippen MR) is 100 cm³/mol. The Balaban J connectivity index is 1.57. The summed E-state index contributed by atoms with van der Waals surface area (Å²) < 4.78 is 77.0. The van der Waals surface area contributed by atoms with Gasteiger partial charge in [0.25, 0.3) is 5.91 Å². The van der Waals surface area contributed by atoms with Crippen LogP contribution in [-0.2, 0) is 16.1 Å². The van der Waals surface area contributed by atoms with Gasteiger partial charge in [0.05, 0.1) is 5.56 Å². The fourth-order valence-corrected chi connectivity index (χ4v) is 2.41. The molecule has 2 aromatic carbocycles. The molecule has 3 aromatic rings. The van der Waals surface area contributed by atoms with Crippen molar-refractivity contribution in [3.8, 4) is 5.88 Å². The predicted octanol–water partition coefficient (Wildman–Crippen LogP) is 4.15. The lowest BCUT2D eigenvalue weighted by Crippen LogP contribution is -2.17. The SMILES string of the molecule is O=C(COc1ccc(C(=O)Nc2c(F)c(F)c(F)c(F)c2F)cn1)OCc1ccccc1. The number of ether oxygens (including phenoxy) is 2. The van der Waals surface area contributed by atoms with Crippen molar-refractivity contribution in [1.82, 2.24) is 4.98 Å². The third-order valence-electron chi connectivity index (χ3n) is 4.03. The number of carbonyl (C=O) groups is 2. The summed E-state index contributed by atoms with van der Waals surface area (Å²) in [6.45, 7) is -0.427. The highest BCUT2D eigenvalue weighted by atomic mass is 19.2. The first-order valence-corrected chi connectivity index (χ1v) is 8.89. The number of pyridine rings is 1. The summed E-state index contributed by atoms with van der Waals surface area (Å²) in [4.78, 5) is 27.5. The molecule has 32 heavy (non-hydrogen) atoms. The molecule has 1 heterocycles. The molecule has 3 rings (SSSR count). The van der Waals surface area contributed by atoms with Crippen molar-refractivity contribution < 1.29 is 41.0 Å². The summed E-state index contributed by atoms with van der Waals surface area (Å²) in [6, 6.07) is 11.2. The molecule has 0 unspecified atom stereocenters. The Labute approximate surface area is 177 Å². The Hall–Kier alpha value is -4.02. The zero-order chi connectivity index (χ0) is 23.3. The second-order valence-corrected chi connectivity index (χ2v) is 6.22. The van der Waals surface area contributed by atoms with E-state index in [1.54, 1.807) is 29.6 Å². The Morgan fingerprint density at radius 3 is 2.06 bits per heavy atom. The minimum absolute atomic E-state index is 0.0489. The van der Waals surface area contributed by atoms with Gasteiger partial charge in [-0.05, 0) is 11.6 Å². The molecule has 0 aliphatic heterocycles. The zero-order valence-corrected chi connectivity index (χ0v) is 16.0. The molecule has 1 N–H and O–H groups in total. The van der Waals surface area contributed by atoms with Crippen LogP contribution < -0.4 is 10.1 Å². The Morgan fingerprint density at radius 1 is 0.844 bits per heavy atom. The zero-order valence-electron chi connectivity index (χ0n) is 16.0. The van der Waals surface area contributed by atoms with Gasteiger partial charge in [-0.25, -0.2) is 31.7 Å². The van der Waals surface area contributed by atoms with E-state index < -0.39 is 53.3 Å². The van der Waals surface area contributed by atoms with Crippen molar-refractivity contribution in [2.45, 2.75) is 6.61 Å². The number of rotatable bonds is 7. The van der Waals surface area contributed by atoms with E-state index in [1.165, 1.54) is 0 Å². The van der Waals surface area contributed by atoms with Gasteiger partial charge in [0.1, 0.15) is 12.3 Å². The maximum Gasteiger partial charge on any atom is 0.344 e. The first-order chi connectivity index (χ1) is 15.3. The van der Waals surface area contributed by atoms with Gasteiger partial charge in [-0.1, -0.05) is 30.3 Å². The number of amides is 1. The molecule has 1 aromatic heterocycles. The highest BCUT2D eigenvalue weighted by Gasteiger charge is 2.27. The van der Waals surface area contributed by atoms with Gasteiger partial charge in [0.15, 0.2) is 29.9 Å². The highest BCUT2D eigenvalue weighted by molar-refractivity contribution is 6.04. The molecule has 166 valence electrons. The number of esters is 1. The van der Waals surface area contributed by atoms with E-state index in [2.05, 4.69) is 4.98 Å². The standard InChI is InChI=1S/C21H13F5N2O4/c22-15-16(23)18(25)20(19(26)17(15)24)28-21(30)12-6-7-13(27-8-12)31-10-14(29)32-9-11-4-2-1-3-5-11/h1-8H,9-10H2,(H,28,30). The van der Waals surface area contributed by atoms with E-state index in [1.807, 2.05) is 6.07 Å². The van der Waals surface area contributed by atoms with Crippen LogP contribution in [0.3, 0.4) is 0 Å². The number of anilines is 1. The number of nitrogens with zero attached hydrogens (tertiary/aromatic N) is 1. The average Bonchev–Trinajstić information content (AvgIpc) is 2.82. The third-order valence-corrected chi connectivity index (χ3v) is 4.03. The van der Waals surface area contributed by atoms with Crippen molar-refractivity contribution >= 4 is 17.6 Å². The normalized spacial score (nSPS) is 10.5. The third kappa shape index (κ3) is 5.17. The second-order valence-electron chi connectivity index (χ2n) is 6.22. The Morgan fingerprint density at radius 2 is 1.47 bits per heavy atom. The van der Waals surface area contributed by atoms with Gasteiger partial charge in [-0.15, -0.1) is 0 Å². The molecule has 0 radical (unpaired) electrons. The largest absolute Gasteiger partial charge is 0.466 e. The van der Waals surface area contributed by atoms with E-state index in [4.69, 9.17) is 9.47 Å². The summed E-state index contributed by atoms with van der Waals surface area (Å²) >= 11 is 0. The summed E-state index contributed by atoms with van der Waals surface area (Å²) in [5.74, 6) is -13.0. The van der Waals surface area contributed by atoms with Crippen LogP contribution in [0.25, 0.3) is 0 Å². The van der Waals surface area contributed by atoms with Crippen molar-refractivity contribution in [2.75, 3.05) is 11.9 Å². The number of hydrogen-bond donors (Lipinski definition) is 1. The Bertz CT molecular complexity index is 1110. The Kier molecular flexibility index (Phi) is 6.98. The van der Waals surface area contributed by atoms with Crippen molar-refractivity contribution in [2.24, 2.45) is 0 Å². The van der Waals surface area contributed by atoms with Gasteiger partial charge in [0.2, 0.25) is 11.7 Å². The smallest absolute Gasteiger partial charge is 0.344 e. The lowest BCUT2D eigenvalue weighted by molar-refractivity contribution is -0.147. The molecular weight excluding hydrogens is 439 g/mol. The van der Waals surface area contributed by atoms with E-state index in [0.717, 1.165) is 23.9 Å². The van der Waals surface area contributed by atoms with E-state index in [0.29, 0.717) is 0 Å². The van der Waals surface area contributed by atoms with Crippen LogP contribution in [0.4, 0.5) is 27.6 Å². The maximum atomic E-state index is 13.7. The van der Waals surface area contributed by atoms with E-state index in [9.17, 15) is 31.5 Å². The fourth-order valence-electron chi connectivity index (χ4n) is 2.41. The molecule has 0 spiro atoms. The average molecular weight is 452 g/mol. The van der Waals surface area contributed by atoms with Crippen LogP contribution in [-0.4, -0.2) is 23.5 Å². The molecule has 0 aliphatic carbocycles. The number of nitrogens with one attached hydrogen (secondary N) is 1. The monoisotopic (exact) mass is 452 g/mol. The molecule has 0 fully saturated rings. The molecule has 0 bridgehead atoms. The quantitative estimate of drug-likeness (QED) is 0.252. The van der Waals surface area contributed by atoms with Crippen LogP contribution in [0.2, 0.25) is 0 Å². The fraction of sp³-hybridized carbons (Fsp3) is 0.0952. The van der Waals surface area contributed by atoms with Crippen molar-refractivity contribution in [1.29, 1.82) is 0 Å². The van der Waals surface area contributed by atoms with Gasteiger partial charge >= 0.3 is 5.97 Å². The van der Waals surface area contributed by atoms with Crippen molar-refractivity contribution in [3.05, 3.63) is 88.9 Å². The summed E-state index contributed by atoms with van der Waals surface area (Å²) in [6.07, 6.45) is 0.923. The second kappa shape index (κ2) is 9.86. The molecular formula is C21H13F5N2O4. The van der Waals surface area contributed by atoms with Crippen LogP contribution in [0, 0.1) is 29.1 Å². The molecule has 6 nitrogen and oxygen atoms in total. The molecule has 0 atom stereocenters. The summed E-state index contributed by atoms with van der Waals surface area (Å²) in [7, 11) is 0. The van der Waals surface area contributed by atoms with Crippen LogP contribution in [0.15, 0.2) is 48.7 Å². The van der Waals surface area contributed by atoms with E-state index >= 15 is 0 Å². The minimum Gasteiger partial charge on any atom is -0.466 e. The van der Waals surface area contributed by atoms with Gasteiger partial charge in [0, 0.05) is 12.3 Å². The molecule has 0 saturated carbocycles. The van der Waals surface area contributed by atoms with Crippen molar-refractivity contribution in [3.63, 3.8) is 0 Å². The number of hydrogen-bond acceptors (Lipinski definition) is 5. The maximum absolute atomic E-state index is 13.7. The topological polar surface area (TPSA) is 77.5 Å². The van der Waals surface area contributed by atoms with Crippen LogP contribution >= 0.6 is 0 Å². The lowest BCUT2D eigenvalue weighted by Gasteiger charge is -2.10. The first kappa shape index (κ1) is 22.7. The van der Waals surface area contributed by atoms with Crippen LogP contribution in [0.1, 0.15) is 15.9 Å². The van der Waals surface area contributed by atoms with Crippen LogP contribution in [0.5, 0.6) is 5.88 Å². The van der Waals surface area contributed by atoms with Gasteiger partial charge in [-0.3, -0.25) is 4.79 Å². The molecule has 11 heteroatoms. The summed E-state index contributed by atoms with van der Waals surface area (Å²) in [5.41, 5.74) is -0.982. The van der Waals surface area contributed by atoms with E-state index in [-0.39, 0.29) is 18.1 Å². The van der Waals surface area contributed by atoms with Gasteiger partial charge in [-0.2, -0.15) is 0 Å². The minimum atomic E-state index is -2.34. The van der Waals surface area contributed by atoms with Gasteiger partial charge < -0.3 is 14.8 Å². The molecule has 0 aliphatic rings. The highest BCUT2D eigenvalue weighted by Crippen LogP contribution is 2.27. The number of carbonyl (C=O) groups excluding carboxylic acids is 2. The molecule has 0 saturated heterocycles. The number of halogens is 5.